The average molecular weight is 215 g/mol. The lowest BCUT2D eigenvalue weighted by Gasteiger charge is -2.04. The Morgan fingerprint density at radius 3 is 2.81 bits per heavy atom. The van der Waals surface area contributed by atoms with Crippen LogP contribution in [0.4, 0.5) is 5.69 Å². The number of aromatic amines is 1. The molecule has 0 aliphatic carbocycles. The molecule has 0 aliphatic rings. The van der Waals surface area contributed by atoms with Gasteiger partial charge < -0.3 is 5.32 Å². The van der Waals surface area contributed by atoms with Crippen LogP contribution in [-0.2, 0) is 0 Å². The van der Waals surface area contributed by atoms with Gasteiger partial charge in [0.1, 0.15) is 5.69 Å². The molecule has 1 aromatic carbocycles. The molecule has 0 saturated carbocycles. The summed E-state index contributed by atoms with van der Waals surface area (Å²) in [6.45, 7) is 3.83. The van der Waals surface area contributed by atoms with Crippen molar-refractivity contribution in [1.82, 2.24) is 10.2 Å². The molecule has 0 fully saturated rings. The second-order valence-electron chi connectivity index (χ2n) is 3.75. The zero-order valence-electron chi connectivity index (χ0n) is 9.24. The monoisotopic (exact) mass is 215 g/mol. The minimum Gasteiger partial charge on any atom is -0.321 e. The van der Waals surface area contributed by atoms with Crippen molar-refractivity contribution in [1.29, 1.82) is 0 Å². The summed E-state index contributed by atoms with van der Waals surface area (Å²) in [4.78, 5) is 11.8. The highest BCUT2D eigenvalue weighted by molar-refractivity contribution is 6.03. The minimum atomic E-state index is -0.166. The number of hydrogen-bond donors (Lipinski definition) is 2. The molecule has 4 heteroatoms. The van der Waals surface area contributed by atoms with Gasteiger partial charge in [-0.1, -0.05) is 12.1 Å². The lowest BCUT2D eigenvalue weighted by molar-refractivity contribution is 0.102. The maximum Gasteiger partial charge on any atom is 0.273 e. The van der Waals surface area contributed by atoms with E-state index in [1.54, 1.807) is 6.20 Å². The third kappa shape index (κ3) is 2.11. The number of hydrogen-bond acceptors (Lipinski definition) is 2. The number of rotatable bonds is 2. The van der Waals surface area contributed by atoms with Gasteiger partial charge in [0.2, 0.25) is 0 Å². The maximum absolute atomic E-state index is 11.8. The van der Waals surface area contributed by atoms with Gasteiger partial charge in [-0.3, -0.25) is 9.89 Å². The van der Waals surface area contributed by atoms with Crippen molar-refractivity contribution < 1.29 is 4.79 Å². The smallest absolute Gasteiger partial charge is 0.273 e. The molecular weight excluding hydrogens is 202 g/mol. The van der Waals surface area contributed by atoms with Gasteiger partial charge in [-0.25, -0.2) is 0 Å². The summed E-state index contributed by atoms with van der Waals surface area (Å²) in [5, 5.41) is 9.31. The number of aryl methyl sites for hydroxylation is 2. The molecule has 2 aromatic rings. The lowest BCUT2D eigenvalue weighted by atomic mass is 10.2. The van der Waals surface area contributed by atoms with Crippen LogP contribution < -0.4 is 5.32 Å². The first-order chi connectivity index (χ1) is 7.66. The first kappa shape index (κ1) is 10.4. The average Bonchev–Trinajstić information content (AvgIpc) is 2.64. The molecular formula is C12H13N3O. The fraction of sp³-hybridized carbons (Fsp3) is 0.167. The van der Waals surface area contributed by atoms with Gasteiger partial charge in [0, 0.05) is 5.69 Å². The van der Waals surface area contributed by atoms with E-state index in [4.69, 9.17) is 0 Å². The molecule has 0 atom stereocenters. The summed E-state index contributed by atoms with van der Waals surface area (Å²) >= 11 is 0. The van der Waals surface area contributed by atoms with E-state index in [1.807, 2.05) is 38.1 Å². The van der Waals surface area contributed by atoms with Gasteiger partial charge in [-0.2, -0.15) is 5.10 Å². The zero-order valence-corrected chi connectivity index (χ0v) is 9.24. The fourth-order valence-electron chi connectivity index (χ4n) is 1.49. The Morgan fingerprint density at radius 2 is 2.19 bits per heavy atom. The van der Waals surface area contributed by atoms with Crippen molar-refractivity contribution >= 4 is 11.6 Å². The standard InChI is InChI=1S/C12H13N3O/c1-8-4-3-5-10(6-8)14-12(16)11-9(2)7-13-15-11/h3-7H,1-2H3,(H,13,15)(H,14,16). The van der Waals surface area contributed by atoms with Crippen molar-refractivity contribution in [2.75, 3.05) is 5.32 Å². The molecule has 16 heavy (non-hydrogen) atoms. The lowest BCUT2D eigenvalue weighted by Crippen LogP contribution is -2.13. The number of amides is 1. The van der Waals surface area contributed by atoms with E-state index in [-0.39, 0.29) is 5.91 Å². The molecule has 2 N–H and O–H groups in total. The molecule has 4 nitrogen and oxygen atoms in total. The summed E-state index contributed by atoms with van der Waals surface area (Å²) in [5.41, 5.74) is 3.24. The van der Waals surface area contributed by atoms with Crippen LogP contribution in [0.25, 0.3) is 0 Å². The Hall–Kier alpha value is -2.10. The predicted octanol–water partition coefficient (Wildman–Crippen LogP) is 2.28. The molecule has 1 heterocycles. The molecule has 0 unspecified atom stereocenters. The largest absolute Gasteiger partial charge is 0.321 e. The van der Waals surface area contributed by atoms with Crippen molar-refractivity contribution in [2.45, 2.75) is 13.8 Å². The number of aromatic nitrogens is 2. The number of anilines is 1. The van der Waals surface area contributed by atoms with Crippen LogP contribution in [0.3, 0.4) is 0 Å². The van der Waals surface area contributed by atoms with E-state index in [2.05, 4.69) is 15.5 Å². The Kier molecular flexibility index (Phi) is 2.72. The van der Waals surface area contributed by atoms with Crippen LogP contribution >= 0.6 is 0 Å². The van der Waals surface area contributed by atoms with E-state index in [1.165, 1.54) is 0 Å². The van der Waals surface area contributed by atoms with Gasteiger partial charge in [-0.15, -0.1) is 0 Å². The number of benzene rings is 1. The van der Waals surface area contributed by atoms with E-state index in [0.717, 1.165) is 16.8 Å². The minimum absolute atomic E-state index is 0.166. The van der Waals surface area contributed by atoms with Crippen LogP contribution in [-0.4, -0.2) is 16.1 Å². The molecule has 0 spiro atoms. The quantitative estimate of drug-likeness (QED) is 0.807. The second kappa shape index (κ2) is 4.18. The number of nitrogens with zero attached hydrogens (tertiary/aromatic N) is 1. The number of carbonyl (C=O) groups is 1. The molecule has 1 amide bonds. The Balaban J connectivity index is 2.17. The normalized spacial score (nSPS) is 10.1. The first-order valence-corrected chi connectivity index (χ1v) is 5.05. The Bertz CT molecular complexity index is 516. The molecule has 0 bridgehead atoms. The molecule has 1 aromatic heterocycles. The topological polar surface area (TPSA) is 57.8 Å². The van der Waals surface area contributed by atoms with Crippen molar-refractivity contribution in [3.8, 4) is 0 Å². The van der Waals surface area contributed by atoms with E-state index in [0.29, 0.717) is 5.69 Å². The van der Waals surface area contributed by atoms with Crippen LogP contribution in [0, 0.1) is 13.8 Å². The van der Waals surface area contributed by atoms with E-state index >= 15 is 0 Å². The van der Waals surface area contributed by atoms with Crippen molar-refractivity contribution in [3.05, 3.63) is 47.3 Å². The number of nitrogens with one attached hydrogen (secondary N) is 2. The maximum atomic E-state index is 11.8. The molecule has 0 saturated heterocycles. The Labute approximate surface area is 93.7 Å². The number of carbonyl (C=O) groups excluding carboxylic acids is 1. The zero-order chi connectivity index (χ0) is 11.5. The number of H-pyrrole nitrogens is 1. The highest BCUT2D eigenvalue weighted by Crippen LogP contribution is 2.11. The SMILES string of the molecule is Cc1cccc(NC(=O)c2[nH]ncc2C)c1. The van der Waals surface area contributed by atoms with Crippen LogP contribution in [0.5, 0.6) is 0 Å². The molecule has 2 rings (SSSR count). The molecule has 82 valence electrons. The summed E-state index contributed by atoms with van der Waals surface area (Å²) in [5.74, 6) is -0.166. The summed E-state index contributed by atoms with van der Waals surface area (Å²) in [6.07, 6.45) is 1.63. The summed E-state index contributed by atoms with van der Waals surface area (Å²) in [6, 6.07) is 7.67. The summed E-state index contributed by atoms with van der Waals surface area (Å²) < 4.78 is 0. The van der Waals surface area contributed by atoms with Gasteiger partial charge in [-0.05, 0) is 37.1 Å². The molecule has 0 aliphatic heterocycles. The van der Waals surface area contributed by atoms with Gasteiger partial charge in [0.15, 0.2) is 0 Å². The van der Waals surface area contributed by atoms with E-state index in [9.17, 15) is 4.79 Å². The highest BCUT2D eigenvalue weighted by Gasteiger charge is 2.10. The van der Waals surface area contributed by atoms with Gasteiger partial charge in [0.05, 0.1) is 6.20 Å². The third-order valence-corrected chi connectivity index (χ3v) is 2.33. The van der Waals surface area contributed by atoms with Crippen LogP contribution in [0.2, 0.25) is 0 Å². The first-order valence-electron chi connectivity index (χ1n) is 5.05. The van der Waals surface area contributed by atoms with Gasteiger partial charge in [0.25, 0.3) is 5.91 Å². The summed E-state index contributed by atoms with van der Waals surface area (Å²) in [7, 11) is 0. The van der Waals surface area contributed by atoms with Crippen LogP contribution in [0.15, 0.2) is 30.5 Å². The van der Waals surface area contributed by atoms with Gasteiger partial charge >= 0.3 is 0 Å². The van der Waals surface area contributed by atoms with Crippen molar-refractivity contribution in [2.24, 2.45) is 0 Å². The van der Waals surface area contributed by atoms with Crippen molar-refractivity contribution in [3.63, 3.8) is 0 Å². The second-order valence-corrected chi connectivity index (χ2v) is 3.75. The van der Waals surface area contributed by atoms with E-state index < -0.39 is 0 Å². The third-order valence-electron chi connectivity index (χ3n) is 2.33. The van der Waals surface area contributed by atoms with Crippen LogP contribution in [0.1, 0.15) is 21.6 Å². The Morgan fingerprint density at radius 1 is 1.38 bits per heavy atom. The molecule has 0 radical (unpaired) electrons. The predicted molar refractivity (Wildman–Crippen MR) is 62.5 cm³/mol. The fourth-order valence-corrected chi connectivity index (χ4v) is 1.49. The highest BCUT2D eigenvalue weighted by atomic mass is 16.1.